The van der Waals surface area contributed by atoms with Crippen molar-refractivity contribution in [1.82, 2.24) is 0 Å². The molecule has 0 aromatic heterocycles. The fourth-order valence-corrected chi connectivity index (χ4v) is 1.76. The molecule has 1 aliphatic carbocycles. The van der Waals surface area contributed by atoms with Crippen LogP contribution in [0.4, 0.5) is 0 Å². The first-order valence-electron chi connectivity index (χ1n) is 4.59. The van der Waals surface area contributed by atoms with Crippen LogP contribution in [-0.2, 0) is 0 Å². The summed E-state index contributed by atoms with van der Waals surface area (Å²) in [6.45, 7) is 9.55. The molecule has 0 N–H and O–H groups in total. The summed E-state index contributed by atoms with van der Waals surface area (Å²) in [7, 11) is 0. The van der Waals surface area contributed by atoms with Crippen molar-refractivity contribution in [2.24, 2.45) is 17.3 Å². The molecule has 0 aromatic carbocycles. The van der Waals surface area contributed by atoms with Crippen LogP contribution in [0.5, 0.6) is 0 Å². The predicted octanol–water partition coefficient (Wildman–Crippen LogP) is 3.47. The highest BCUT2D eigenvalue weighted by molar-refractivity contribution is 4.90. The van der Waals surface area contributed by atoms with Crippen LogP contribution in [0.15, 0.2) is 0 Å². The fraction of sp³-hybridized carbons (Fsp3) is 1.00. The van der Waals surface area contributed by atoms with Crippen molar-refractivity contribution in [2.45, 2.75) is 47.0 Å². The van der Waals surface area contributed by atoms with Crippen LogP contribution in [0.2, 0.25) is 0 Å². The van der Waals surface area contributed by atoms with Gasteiger partial charge in [0.2, 0.25) is 0 Å². The maximum atomic E-state index is 2.43. The fourth-order valence-electron chi connectivity index (χ4n) is 1.76. The summed E-state index contributed by atoms with van der Waals surface area (Å²) in [5.74, 6) is 1.95. The third kappa shape index (κ3) is 1.36. The largest absolute Gasteiger partial charge is 0.0651 e. The lowest BCUT2D eigenvalue weighted by molar-refractivity contribution is 0.186. The smallest absolute Gasteiger partial charge is 0.0300 e. The Bertz CT molecular complexity index is 109. The maximum Gasteiger partial charge on any atom is -0.0300 e. The third-order valence-corrected chi connectivity index (χ3v) is 3.51. The van der Waals surface area contributed by atoms with E-state index in [0.29, 0.717) is 5.41 Å². The molecule has 0 radical (unpaired) electrons. The van der Waals surface area contributed by atoms with E-state index in [4.69, 9.17) is 0 Å². The lowest BCUT2D eigenvalue weighted by Crippen LogP contribution is -2.23. The van der Waals surface area contributed by atoms with Gasteiger partial charge in [-0.3, -0.25) is 0 Å². The number of hydrogen-bond donors (Lipinski definition) is 0. The van der Waals surface area contributed by atoms with E-state index in [1.165, 1.54) is 19.3 Å². The monoisotopic (exact) mass is 140 g/mol. The molecule has 1 saturated carbocycles. The Morgan fingerprint density at radius 2 is 1.90 bits per heavy atom. The van der Waals surface area contributed by atoms with Crippen molar-refractivity contribution in [1.29, 1.82) is 0 Å². The first-order valence-corrected chi connectivity index (χ1v) is 4.59. The first-order chi connectivity index (χ1) is 4.59. The van der Waals surface area contributed by atoms with E-state index in [9.17, 15) is 0 Å². The van der Waals surface area contributed by atoms with E-state index >= 15 is 0 Å². The molecule has 1 rings (SSSR count). The minimum Gasteiger partial charge on any atom is -0.0651 e. The zero-order valence-electron chi connectivity index (χ0n) is 7.78. The SMILES string of the molecule is CCC(C)C(C)(C)C1CC1. The Kier molecular flexibility index (Phi) is 2.07. The van der Waals surface area contributed by atoms with Gasteiger partial charge in [-0.1, -0.05) is 34.1 Å². The average Bonchev–Trinajstić information content (AvgIpc) is 2.66. The van der Waals surface area contributed by atoms with Crippen LogP contribution in [0.3, 0.4) is 0 Å². The summed E-state index contributed by atoms with van der Waals surface area (Å²) in [6, 6.07) is 0. The highest BCUT2D eigenvalue weighted by Crippen LogP contribution is 2.50. The Hall–Kier alpha value is 0. The second kappa shape index (κ2) is 2.56. The van der Waals surface area contributed by atoms with E-state index in [1.807, 2.05) is 0 Å². The van der Waals surface area contributed by atoms with Crippen molar-refractivity contribution in [3.05, 3.63) is 0 Å². The zero-order valence-corrected chi connectivity index (χ0v) is 7.78. The Balaban J connectivity index is 2.47. The molecular weight excluding hydrogens is 120 g/mol. The van der Waals surface area contributed by atoms with Crippen molar-refractivity contribution in [3.8, 4) is 0 Å². The molecule has 0 heteroatoms. The molecule has 1 atom stereocenters. The van der Waals surface area contributed by atoms with E-state index < -0.39 is 0 Å². The number of rotatable bonds is 3. The van der Waals surface area contributed by atoms with Gasteiger partial charge in [0.15, 0.2) is 0 Å². The van der Waals surface area contributed by atoms with Gasteiger partial charge in [0, 0.05) is 0 Å². The minimum absolute atomic E-state index is 0.620. The lowest BCUT2D eigenvalue weighted by Gasteiger charge is -2.31. The third-order valence-electron chi connectivity index (χ3n) is 3.51. The summed E-state index contributed by atoms with van der Waals surface area (Å²) in [5, 5.41) is 0. The van der Waals surface area contributed by atoms with Gasteiger partial charge in [0.25, 0.3) is 0 Å². The molecule has 0 nitrogen and oxygen atoms in total. The van der Waals surface area contributed by atoms with Gasteiger partial charge in [-0.25, -0.2) is 0 Å². The van der Waals surface area contributed by atoms with Gasteiger partial charge < -0.3 is 0 Å². The molecule has 0 spiro atoms. The average molecular weight is 140 g/mol. The summed E-state index contributed by atoms with van der Waals surface area (Å²) < 4.78 is 0. The topological polar surface area (TPSA) is 0 Å². The zero-order chi connectivity index (χ0) is 7.78. The Morgan fingerprint density at radius 3 is 2.20 bits per heavy atom. The second-order valence-electron chi connectivity index (χ2n) is 4.40. The van der Waals surface area contributed by atoms with Crippen LogP contribution < -0.4 is 0 Å². The Labute approximate surface area is 65.0 Å². The van der Waals surface area contributed by atoms with Crippen molar-refractivity contribution in [3.63, 3.8) is 0 Å². The summed E-state index contributed by atoms with van der Waals surface area (Å²) in [5.41, 5.74) is 0.620. The highest BCUT2D eigenvalue weighted by atomic mass is 14.5. The van der Waals surface area contributed by atoms with Gasteiger partial charge in [0.05, 0.1) is 0 Å². The van der Waals surface area contributed by atoms with E-state index in [2.05, 4.69) is 27.7 Å². The predicted molar refractivity (Wildman–Crippen MR) is 46.0 cm³/mol. The normalized spacial score (nSPS) is 22.8. The summed E-state index contributed by atoms with van der Waals surface area (Å²) in [6.07, 6.45) is 4.30. The molecule has 0 aliphatic heterocycles. The van der Waals surface area contributed by atoms with Crippen LogP contribution in [0, 0.1) is 17.3 Å². The van der Waals surface area contributed by atoms with E-state index in [1.54, 1.807) is 0 Å². The van der Waals surface area contributed by atoms with Gasteiger partial charge >= 0.3 is 0 Å². The van der Waals surface area contributed by atoms with Crippen LogP contribution in [0.25, 0.3) is 0 Å². The molecular formula is C10H20. The van der Waals surface area contributed by atoms with Gasteiger partial charge in [-0.2, -0.15) is 0 Å². The molecule has 60 valence electrons. The standard InChI is InChI=1S/C10H20/c1-5-8(2)10(3,4)9-6-7-9/h8-9H,5-7H2,1-4H3. The quantitative estimate of drug-likeness (QED) is 0.563. The molecule has 0 amide bonds. The van der Waals surface area contributed by atoms with Crippen molar-refractivity contribution < 1.29 is 0 Å². The van der Waals surface area contributed by atoms with E-state index in [-0.39, 0.29) is 0 Å². The Morgan fingerprint density at radius 1 is 1.40 bits per heavy atom. The van der Waals surface area contributed by atoms with Gasteiger partial charge in [-0.15, -0.1) is 0 Å². The highest BCUT2D eigenvalue weighted by Gasteiger charge is 2.40. The second-order valence-corrected chi connectivity index (χ2v) is 4.40. The summed E-state index contributed by atoms with van der Waals surface area (Å²) >= 11 is 0. The van der Waals surface area contributed by atoms with Crippen molar-refractivity contribution in [2.75, 3.05) is 0 Å². The molecule has 1 unspecified atom stereocenters. The van der Waals surface area contributed by atoms with Crippen LogP contribution in [0.1, 0.15) is 47.0 Å². The van der Waals surface area contributed by atoms with Gasteiger partial charge in [-0.05, 0) is 30.1 Å². The summed E-state index contributed by atoms with van der Waals surface area (Å²) in [4.78, 5) is 0. The van der Waals surface area contributed by atoms with Crippen LogP contribution >= 0.6 is 0 Å². The molecule has 1 aliphatic rings. The first kappa shape index (κ1) is 8.10. The number of hydrogen-bond acceptors (Lipinski definition) is 0. The molecule has 0 saturated heterocycles. The van der Waals surface area contributed by atoms with E-state index in [0.717, 1.165) is 11.8 Å². The minimum atomic E-state index is 0.620. The lowest BCUT2D eigenvalue weighted by atomic mass is 9.74. The molecule has 10 heavy (non-hydrogen) atoms. The maximum absolute atomic E-state index is 2.43. The molecule has 0 heterocycles. The van der Waals surface area contributed by atoms with Gasteiger partial charge in [0.1, 0.15) is 0 Å². The molecule has 0 bridgehead atoms. The molecule has 1 fully saturated rings. The molecule has 0 aromatic rings. The van der Waals surface area contributed by atoms with Crippen LogP contribution in [-0.4, -0.2) is 0 Å². The van der Waals surface area contributed by atoms with Crippen molar-refractivity contribution >= 4 is 0 Å².